The van der Waals surface area contributed by atoms with Crippen LogP contribution < -0.4 is 9.64 Å². The van der Waals surface area contributed by atoms with Gasteiger partial charge in [0.05, 0.1) is 17.5 Å². The summed E-state index contributed by atoms with van der Waals surface area (Å²) in [6.07, 6.45) is 5.51. The summed E-state index contributed by atoms with van der Waals surface area (Å²) in [6, 6.07) is 14.3. The van der Waals surface area contributed by atoms with Crippen LogP contribution in [-0.2, 0) is 9.59 Å². The fourth-order valence-electron chi connectivity index (χ4n) is 5.87. The number of aryl methyl sites for hydroxylation is 1. The zero-order valence-electron chi connectivity index (χ0n) is 17.2. The van der Waals surface area contributed by atoms with Gasteiger partial charge in [0.15, 0.2) is 12.4 Å². The molecule has 1 saturated heterocycles. The second-order valence-electron chi connectivity index (χ2n) is 9.24. The van der Waals surface area contributed by atoms with Gasteiger partial charge in [0.1, 0.15) is 5.75 Å². The number of ether oxygens (including phenoxy) is 1. The molecule has 4 aliphatic carbocycles. The number of hydrogen-bond donors (Lipinski definition) is 0. The second kappa shape index (κ2) is 6.64. The van der Waals surface area contributed by atoms with E-state index in [1.54, 1.807) is 36.4 Å². The average Bonchev–Trinajstić information content (AvgIpc) is 3.56. The van der Waals surface area contributed by atoms with E-state index in [0.29, 0.717) is 28.8 Å². The van der Waals surface area contributed by atoms with E-state index < -0.39 is 0 Å². The Labute approximate surface area is 180 Å². The molecular weight excluding hydrogens is 390 g/mol. The molecule has 0 N–H and O–H groups in total. The Hall–Kier alpha value is -3.21. The predicted octanol–water partition coefficient (Wildman–Crippen LogP) is 3.81. The first kappa shape index (κ1) is 18.6. The standard InChI is InChI=1S/C26H23NO4/c1-14-2-4-15(5-3-14)22(28)13-31-17-8-6-16(7-9-17)27-25(29)23-18-10-11-19(21-12-20(18)21)24(23)26(27)30/h2-11,18-21,23-24H,12-13H2,1H3/t18-,19+,20+,21-,23-,24+. The van der Waals surface area contributed by atoms with Gasteiger partial charge in [-0.2, -0.15) is 0 Å². The minimum atomic E-state index is -0.200. The van der Waals surface area contributed by atoms with Crippen molar-refractivity contribution in [1.82, 2.24) is 0 Å². The van der Waals surface area contributed by atoms with E-state index in [1.807, 2.05) is 19.1 Å². The molecule has 0 aromatic heterocycles. The zero-order valence-corrected chi connectivity index (χ0v) is 17.2. The Morgan fingerprint density at radius 1 is 0.903 bits per heavy atom. The van der Waals surface area contributed by atoms with Crippen LogP contribution in [0.3, 0.4) is 0 Å². The zero-order chi connectivity index (χ0) is 21.3. The van der Waals surface area contributed by atoms with Crippen LogP contribution >= 0.6 is 0 Å². The van der Waals surface area contributed by atoms with Crippen LogP contribution in [0.25, 0.3) is 0 Å². The highest BCUT2D eigenvalue weighted by molar-refractivity contribution is 6.22. The molecule has 2 saturated carbocycles. The molecule has 156 valence electrons. The Morgan fingerprint density at radius 2 is 1.48 bits per heavy atom. The van der Waals surface area contributed by atoms with Crippen LogP contribution in [0.15, 0.2) is 60.7 Å². The molecule has 2 bridgehead atoms. The Morgan fingerprint density at radius 3 is 2.06 bits per heavy atom. The van der Waals surface area contributed by atoms with Gasteiger partial charge in [-0.1, -0.05) is 42.0 Å². The first-order chi connectivity index (χ1) is 15.0. The van der Waals surface area contributed by atoms with E-state index in [0.717, 1.165) is 12.0 Å². The lowest BCUT2D eigenvalue weighted by atomic mass is 9.63. The maximum Gasteiger partial charge on any atom is 0.238 e. The maximum atomic E-state index is 13.2. The van der Waals surface area contributed by atoms with Gasteiger partial charge >= 0.3 is 0 Å². The van der Waals surface area contributed by atoms with Gasteiger partial charge in [0.25, 0.3) is 0 Å². The first-order valence-electron chi connectivity index (χ1n) is 10.9. The molecule has 1 aliphatic heterocycles. The van der Waals surface area contributed by atoms with Crippen molar-refractivity contribution in [3.63, 3.8) is 0 Å². The monoisotopic (exact) mass is 413 g/mol. The van der Waals surface area contributed by atoms with Crippen LogP contribution in [-0.4, -0.2) is 24.2 Å². The molecule has 6 atom stereocenters. The summed E-state index contributed by atoms with van der Waals surface area (Å²) >= 11 is 0. The number of rotatable bonds is 5. The van der Waals surface area contributed by atoms with E-state index in [4.69, 9.17) is 4.74 Å². The predicted molar refractivity (Wildman–Crippen MR) is 115 cm³/mol. The molecular formula is C26H23NO4. The molecule has 2 aromatic carbocycles. The van der Waals surface area contributed by atoms with Crippen molar-refractivity contribution in [2.24, 2.45) is 35.5 Å². The topological polar surface area (TPSA) is 63.7 Å². The summed E-state index contributed by atoms with van der Waals surface area (Å²) in [6.45, 7) is 1.91. The van der Waals surface area contributed by atoms with Gasteiger partial charge < -0.3 is 4.74 Å². The third-order valence-electron chi connectivity index (χ3n) is 7.50. The van der Waals surface area contributed by atoms with E-state index in [1.165, 1.54) is 4.90 Å². The lowest BCUT2D eigenvalue weighted by Gasteiger charge is -2.37. The van der Waals surface area contributed by atoms with Crippen LogP contribution in [0.1, 0.15) is 22.3 Å². The molecule has 5 heteroatoms. The second-order valence-corrected chi connectivity index (χ2v) is 9.24. The van der Waals surface area contributed by atoms with Crippen LogP contribution in [0.5, 0.6) is 5.75 Å². The van der Waals surface area contributed by atoms with Crippen molar-refractivity contribution < 1.29 is 19.1 Å². The number of Topliss-reactive ketones (excluding diaryl/α,β-unsaturated/α-hetero) is 1. The minimum absolute atomic E-state index is 0.0636. The number of hydrogen-bond acceptors (Lipinski definition) is 4. The van der Waals surface area contributed by atoms with Crippen LogP contribution in [0.4, 0.5) is 5.69 Å². The number of anilines is 1. The molecule has 2 amide bonds. The SMILES string of the molecule is Cc1ccc(C(=O)COc2ccc(N3C(=O)[C@@H]4[C@@H]5C=C[C@@H]([C@H]6C[C@@H]56)[C@@H]4C3=O)cc2)cc1. The van der Waals surface area contributed by atoms with Crippen molar-refractivity contribution in [3.05, 3.63) is 71.8 Å². The van der Waals surface area contributed by atoms with E-state index in [-0.39, 0.29) is 47.9 Å². The molecule has 7 rings (SSSR count). The third-order valence-corrected chi connectivity index (χ3v) is 7.50. The maximum absolute atomic E-state index is 13.2. The lowest BCUT2D eigenvalue weighted by molar-refractivity contribution is -0.124. The fourth-order valence-corrected chi connectivity index (χ4v) is 5.87. The van der Waals surface area contributed by atoms with Crippen molar-refractivity contribution in [2.75, 3.05) is 11.5 Å². The molecule has 3 fully saturated rings. The Balaban J connectivity index is 1.16. The number of amides is 2. The average molecular weight is 413 g/mol. The van der Waals surface area contributed by atoms with E-state index >= 15 is 0 Å². The summed E-state index contributed by atoms with van der Waals surface area (Å²) in [5.41, 5.74) is 2.29. The highest BCUT2D eigenvalue weighted by atomic mass is 16.5. The van der Waals surface area contributed by atoms with Gasteiger partial charge in [0.2, 0.25) is 11.8 Å². The van der Waals surface area contributed by atoms with Crippen molar-refractivity contribution in [3.8, 4) is 5.75 Å². The summed E-state index contributed by atoms with van der Waals surface area (Å²) in [4.78, 5) is 40.0. The molecule has 31 heavy (non-hydrogen) atoms. The van der Waals surface area contributed by atoms with Crippen molar-refractivity contribution in [1.29, 1.82) is 0 Å². The largest absolute Gasteiger partial charge is 0.485 e. The number of imide groups is 1. The van der Waals surface area contributed by atoms with Gasteiger partial charge in [0, 0.05) is 5.56 Å². The first-order valence-corrected chi connectivity index (χ1v) is 10.9. The summed E-state index contributed by atoms with van der Waals surface area (Å²) in [5, 5.41) is 0. The molecule has 2 aromatic rings. The normalized spacial score (nSPS) is 32.1. The number of carbonyl (C=O) groups excluding carboxylic acids is 3. The minimum Gasteiger partial charge on any atom is -0.485 e. The third kappa shape index (κ3) is 2.79. The Bertz CT molecular complexity index is 1080. The smallest absolute Gasteiger partial charge is 0.238 e. The summed E-state index contributed by atoms with van der Waals surface area (Å²) < 4.78 is 5.63. The van der Waals surface area contributed by atoms with E-state index in [2.05, 4.69) is 12.2 Å². The van der Waals surface area contributed by atoms with Gasteiger partial charge in [-0.05, 0) is 61.3 Å². The van der Waals surface area contributed by atoms with Crippen LogP contribution in [0, 0.1) is 42.4 Å². The Kier molecular flexibility index (Phi) is 3.98. The fraction of sp³-hybridized carbons (Fsp3) is 0.346. The van der Waals surface area contributed by atoms with Crippen molar-refractivity contribution >= 4 is 23.3 Å². The molecule has 5 nitrogen and oxygen atoms in total. The van der Waals surface area contributed by atoms with Crippen molar-refractivity contribution in [2.45, 2.75) is 13.3 Å². The highest BCUT2D eigenvalue weighted by Gasteiger charge is 2.67. The molecule has 1 heterocycles. The van der Waals surface area contributed by atoms with Gasteiger partial charge in [-0.25, -0.2) is 0 Å². The van der Waals surface area contributed by atoms with Gasteiger partial charge in [-0.3, -0.25) is 19.3 Å². The summed E-state index contributed by atoms with van der Waals surface area (Å²) in [5.74, 6) is 1.52. The molecule has 0 spiro atoms. The number of allylic oxidation sites excluding steroid dienone is 2. The number of ketones is 1. The molecule has 5 aliphatic rings. The quantitative estimate of drug-likeness (QED) is 0.425. The highest BCUT2D eigenvalue weighted by Crippen LogP contribution is 2.65. The number of benzene rings is 2. The van der Waals surface area contributed by atoms with E-state index in [9.17, 15) is 14.4 Å². The molecule has 0 unspecified atom stereocenters. The number of nitrogens with zero attached hydrogens (tertiary/aromatic N) is 1. The van der Waals surface area contributed by atoms with Crippen LogP contribution in [0.2, 0.25) is 0 Å². The lowest BCUT2D eigenvalue weighted by Crippen LogP contribution is -2.40. The number of carbonyl (C=O) groups is 3. The molecule has 0 radical (unpaired) electrons. The summed E-state index contributed by atoms with van der Waals surface area (Å²) in [7, 11) is 0. The van der Waals surface area contributed by atoms with Gasteiger partial charge in [-0.15, -0.1) is 0 Å².